The zero-order chi connectivity index (χ0) is 14.9. The highest BCUT2D eigenvalue weighted by Gasteiger charge is 2.30. The molecule has 0 radical (unpaired) electrons. The highest BCUT2D eigenvalue weighted by atomic mass is 16.3. The summed E-state index contributed by atoms with van der Waals surface area (Å²) < 4.78 is 0. The number of anilines is 2. The van der Waals surface area contributed by atoms with Gasteiger partial charge in [0.25, 0.3) is 0 Å². The predicted octanol–water partition coefficient (Wildman–Crippen LogP) is 1.53. The first kappa shape index (κ1) is 14.1. The van der Waals surface area contributed by atoms with Crippen LogP contribution >= 0.6 is 0 Å². The molecule has 0 bridgehead atoms. The number of nitrogens with one attached hydrogen (secondary N) is 2. The van der Waals surface area contributed by atoms with Crippen LogP contribution in [0.15, 0.2) is 6.33 Å². The van der Waals surface area contributed by atoms with Gasteiger partial charge in [0.1, 0.15) is 5.52 Å². The molecule has 1 unspecified atom stereocenters. The minimum absolute atomic E-state index is 0.575. The predicted molar refractivity (Wildman–Crippen MR) is 82.5 cm³/mol. The summed E-state index contributed by atoms with van der Waals surface area (Å²) in [7, 11) is 0. The Labute approximate surface area is 123 Å². The van der Waals surface area contributed by atoms with Gasteiger partial charge in [-0.15, -0.1) is 0 Å². The van der Waals surface area contributed by atoms with Crippen LogP contribution in [0.25, 0.3) is 11.2 Å². The SMILES string of the molecule is CCCNc1nc(N2CCCC(C)(O)C2)c2[nH]cnc2n1. The van der Waals surface area contributed by atoms with Crippen LogP contribution in [-0.4, -0.2) is 50.3 Å². The molecule has 0 aliphatic carbocycles. The summed E-state index contributed by atoms with van der Waals surface area (Å²) >= 11 is 0. The van der Waals surface area contributed by atoms with E-state index in [1.165, 1.54) is 0 Å². The number of fused-ring (bicyclic) bond motifs is 1. The Balaban J connectivity index is 1.97. The van der Waals surface area contributed by atoms with E-state index in [2.05, 4.69) is 37.1 Å². The maximum Gasteiger partial charge on any atom is 0.226 e. The molecule has 1 fully saturated rings. The number of aromatic amines is 1. The van der Waals surface area contributed by atoms with Gasteiger partial charge in [-0.25, -0.2) is 4.98 Å². The molecule has 7 nitrogen and oxygen atoms in total. The molecule has 0 saturated carbocycles. The Morgan fingerprint density at radius 1 is 1.48 bits per heavy atom. The first-order valence-electron chi connectivity index (χ1n) is 7.51. The first-order valence-corrected chi connectivity index (χ1v) is 7.51. The van der Waals surface area contributed by atoms with E-state index < -0.39 is 5.60 Å². The lowest BCUT2D eigenvalue weighted by Crippen LogP contribution is -2.46. The lowest BCUT2D eigenvalue weighted by Gasteiger charge is -2.37. The fraction of sp³-hybridized carbons (Fsp3) is 0.643. The van der Waals surface area contributed by atoms with Crippen LogP contribution in [0.3, 0.4) is 0 Å². The minimum Gasteiger partial charge on any atom is -0.388 e. The molecule has 2 aromatic rings. The molecule has 3 rings (SSSR count). The van der Waals surface area contributed by atoms with Crippen LogP contribution in [0.1, 0.15) is 33.1 Å². The molecule has 0 spiro atoms. The van der Waals surface area contributed by atoms with Crippen molar-refractivity contribution < 1.29 is 5.11 Å². The molecule has 1 aliphatic heterocycles. The van der Waals surface area contributed by atoms with Gasteiger partial charge in [-0.2, -0.15) is 9.97 Å². The number of rotatable bonds is 4. The smallest absolute Gasteiger partial charge is 0.226 e. The highest BCUT2D eigenvalue weighted by molar-refractivity contribution is 5.84. The van der Waals surface area contributed by atoms with Gasteiger partial charge in [0, 0.05) is 19.6 Å². The van der Waals surface area contributed by atoms with E-state index in [1.54, 1.807) is 6.33 Å². The number of H-pyrrole nitrogens is 1. The second-order valence-corrected chi connectivity index (χ2v) is 5.92. The summed E-state index contributed by atoms with van der Waals surface area (Å²) in [6.45, 7) is 6.26. The molecule has 1 aliphatic rings. The largest absolute Gasteiger partial charge is 0.388 e. The lowest BCUT2D eigenvalue weighted by molar-refractivity contribution is 0.0448. The quantitative estimate of drug-likeness (QED) is 0.791. The molecular formula is C14H22N6O. The first-order chi connectivity index (χ1) is 10.1. The van der Waals surface area contributed by atoms with E-state index in [1.807, 2.05) is 6.92 Å². The summed E-state index contributed by atoms with van der Waals surface area (Å²) in [5.41, 5.74) is 0.811. The summed E-state index contributed by atoms with van der Waals surface area (Å²) in [4.78, 5) is 18.5. The molecule has 0 amide bonds. The normalized spacial score (nSPS) is 22.7. The van der Waals surface area contributed by atoms with Crippen molar-refractivity contribution >= 4 is 22.9 Å². The number of aromatic nitrogens is 4. The third-order valence-corrected chi connectivity index (χ3v) is 3.77. The summed E-state index contributed by atoms with van der Waals surface area (Å²) in [5.74, 6) is 1.41. The van der Waals surface area contributed by atoms with Gasteiger partial charge in [0.15, 0.2) is 11.5 Å². The molecular weight excluding hydrogens is 268 g/mol. The van der Waals surface area contributed by atoms with Gasteiger partial charge in [0.05, 0.1) is 11.9 Å². The molecule has 1 atom stereocenters. The van der Waals surface area contributed by atoms with Gasteiger partial charge in [-0.1, -0.05) is 6.92 Å². The van der Waals surface area contributed by atoms with E-state index in [0.29, 0.717) is 18.1 Å². The van der Waals surface area contributed by atoms with Crippen LogP contribution < -0.4 is 10.2 Å². The number of hydrogen-bond acceptors (Lipinski definition) is 6. The summed E-state index contributed by atoms with van der Waals surface area (Å²) in [5, 5.41) is 13.5. The highest BCUT2D eigenvalue weighted by Crippen LogP contribution is 2.28. The topological polar surface area (TPSA) is 90.0 Å². The number of nitrogens with zero attached hydrogens (tertiary/aromatic N) is 4. The summed E-state index contributed by atoms with van der Waals surface area (Å²) in [6.07, 6.45) is 4.41. The molecule has 3 N–H and O–H groups in total. The van der Waals surface area contributed by atoms with Crippen molar-refractivity contribution in [1.82, 2.24) is 19.9 Å². The monoisotopic (exact) mass is 290 g/mol. The van der Waals surface area contributed by atoms with Gasteiger partial charge in [-0.05, 0) is 26.2 Å². The van der Waals surface area contributed by atoms with E-state index in [4.69, 9.17) is 0 Å². The average molecular weight is 290 g/mol. The summed E-state index contributed by atoms with van der Waals surface area (Å²) in [6, 6.07) is 0. The molecule has 7 heteroatoms. The van der Waals surface area contributed by atoms with Gasteiger partial charge < -0.3 is 20.3 Å². The van der Waals surface area contributed by atoms with E-state index >= 15 is 0 Å². The third kappa shape index (κ3) is 2.92. The standard InChI is InChI=1S/C14H22N6O/c1-3-6-15-13-18-11-10(16-9-17-11)12(19-13)20-7-4-5-14(2,21)8-20/h9,21H,3-8H2,1-2H3,(H2,15,16,17,18,19). The molecule has 21 heavy (non-hydrogen) atoms. The number of aliphatic hydroxyl groups is 1. The van der Waals surface area contributed by atoms with Crippen molar-refractivity contribution in [1.29, 1.82) is 0 Å². The lowest BCUT2D eigenvalue weighted by atomic mass is 9.95. The Morgan fingerprint density at radius 3 is 3.10 bits per heavy atom. The molecule has 1 saturated heterocycles. The van der Waals surface area contributed by atoms with Gasteiger partial charge >= 0.3 is 0 Å². The fourth-order valence-corrected chi connectivity index (χ4v) is 2.76. The fourth-order valence-electron chi connectivity index (χ4n) is 2.76. The maximum atomic E-state index is 10.3. The van der Waals surface area contributed by atoms with Crippen molar-refractivity contribution in [3.8, 4) is 0 Å². The van der Waals surface area contributed by atoms with Gasteiger partial charge in [0.2, 0.25) is 5.95 Å². The Bertz CT molecular complexity index is 623. The molecule has 0 aromatic carbocycles. The van der Waals surface area contributed by atoms with Gasteiger partial charge in [-0.3, -0.25) is 0 Å². The van der Waals surface area contributed by atoms with Crippen LogP contribution in [0, 0.1) is 0 Å². The maximum absolute atomic E-state index is 10.3. The zero-order valence-corrected chi connectivity index (χ0v) is 12.6. The number of β-amino-alcohol motifs (C(OH)–C–C–N with tert-alkyl or cyclic N) is 1. The van der Waals surface area contributed by atoms with Crippen molar-refractivity contribution in [2.24, 2.45) is 0 Å². The second-order valence-electron chi connectivity index (χ2n) is 5.92. The van der Waals surface area contributed by atoms with Crippen LogP contribution in [0.4, 0.5) is 11.8 Å². The molecule has 114 valence electrons. The second kappa shape index (κ2) is 5.48. The Kier molecular flexibility index (Phi) is 3.67. The van der Waals surface area contributed by atoms with Crippen LogP contribution in [0.5, 0.6) is 0 Å². The third-order valence-electron chi connectivity index (χ3n) is 3.77. The molecule has 2 aromatic heterocycles. The number of hydrogen-bond donors (Lipinski definition) is 3. The number of piperidine rings is 1. The average Bonchev–Trinajstić information content (AvgIpc) is 2.91. The Morgan fingerprint density at radius 2 is 2.33 bits per heavy atom. The van der Waals surface area contributed by atoms with Crippen molar-refractivity contribution in [3.05, 3.63) is 6.33 Å². The molecule has 3 heterocycles. The van der Waals surface area contributed by atoms with E-state index in [9.17, 15) is 5.11 Å². The van der Waals surface area contributed by atoms with E-state index in [0.717, 1.165) is 43.7 Å². The zero-order valence-electron chi connectivity index (χ0n) is 12.6. The van der Waals surface area contributed by atoms with E-state index in [-0.39, 0.29) is 0 Å². The van der Waals surface area contributed by atoms with Crippen LogP contribution in [0.2, 0.25) is 0 Å². The van der Waals surface area contributed by atoms with Crippen molar-refractivity contribution in [3.63, 3.8) is 0 Å². The minimum atomic E-state index is -0.674. The number of imidazole rings is 1. The van der Waals surface area contributed by atoms with Crippen LogP contribution in [-0.2, 0) is 0 Å². The van der Waals surface area contributed by atoms with Crippen molar-refractivity contribution in [2.75, 3.05) is 29.9 Å². The van der Waals surface area contributed by atoms with Crippen molar-refractivity contribution in [2.45, 2.75) is 38.7 Å². The Hall–Kier alpha value is -1.89.